The number of nitrogens with two attached hydrogens (primary N) is 1. The van der Waals surface area contributed by atoms with Gasteiger partial charge in [-0.2, -0.15) is 10.4 Å². The highest BCUT2D eigenvalue weighted by Gasteiger charge is 2.18. The molecule has 1 aromatic carbocycles. The van der Waals surface area contributed by atoms with Crippen LogP contribution in [0.4, 0.5) is 5.95 Å². The first kappa shape index (κ1) is 13.2. The minimum absolute atomic E-state index is 0.408. The number of hydrogen-bond donors (Lipinski definition) is 1. The van der Waals surface area contributed by atoms with E-state index in [2.05, 4.69) is 23.1 Å². The van der Waals surface area contributed by atoms with Crippen molar-refractivity contribution in [2.75, 3.05) is 5.73 Å². The minimum atomic E-state index is 0.408. The monoisotopic (exact) mass is 280 g/mol. The van der Waals surface area contributed by atoms with Crippen molar-refractivity contribution in [1.29, 1.82) is 5.26 Å². The topological polar surface area (TPSA) is 85.5 Å². The van der Waals surface area contributed by atoms with Crippen LogP contribution in [0.1, 0.15) is 24.6 Å². The maximum Gasteiger partial charge on any atom is 0.207 e. The third kappa shape index (κ3) is 2.03. The molecule has 2 aromatic heterocycles. The van der Waals surface area contributed by atoms with E-state index in [1.807, 2.05) is 23.7 Å². The Hall–Kier alpha value is -2.81. The van der Waals surface area contributed by atoms with Crippen LogP contribution in [0.2, 0.25) is 0 Å². The van der Waals surface area contributed by atoms with E-state index in [4.69, 9.17) is 11.0 Å². The van der Waals surface area contributed by atoms with Gasteiger partial charge in [-0.05, 0) is 24.6 Å². The van der Waals surface area contributed by atoms with Gasteiger partial charge >= 0.3 is 0 Å². The lowest BCUT2D eigenvalue weighted by Gasteiger charge is -2.07. The van der Waals surface area contributed by atoms with Crippen molar-refractivity contribution in [2.45, 2.75) is 19.8 Å². The van der Waals surface area contributed by atoms with Crippen molar-refractivity contribution in [3.8, 4) is 11.8 Å². The molecule has 0 aliphatic carbocycles. The van der Waals surface area contributed by atoms with Gasteiger partial charge in [-0.15, -0.1) is 0 Å². The molecule has 0 bridgehead atoms. The summed E-state index contributed by atoms with van der Waals surface area (Å²) in [5.41, 5.74) is 10.1. The summed E-state index contributed by atoms with van der Waals surface area (Å²) in [6.45, 7) is 2.11. The Balaban J connectivity index is 2.27. The maximum absolute atomic E-state index is 9.05. The van der Waals surface area contributed by atoms with Crippen LogP contribution in [0.5, 0.6) is 0 Å². The van der Waals surface area contributed by atoms with Crippen LogP contribution in [0, 0.1) is 11.3 Å². The molecule has 0 aliphatic heterocycles. The SMILES string of the molecule is CCCc1nn(C)c2c1nc(N)n2-c1cccc(C#N)c1. The summed E-state index contributed by atoms with van der Waals surface area (Å²) >= 11 is 0. The highest BCUT2D eigenvalue weighted by atomic mass is 15.3. The van der Waals surface area contributed by atoms with Gasteiger partial charge in [-0.25, -0.2) is 9.67 Å². The molecule has 0 aliphatic rings. The van der Waals surface area contributed by atoms with Crippen LogP contribution < -0.4 is 5.73 Å². The Morgan fingerprint density at radius 2 is 2.19 bits per heavy atom. The predicted molar refractivity (Wildman–Crippen MR) is 81.0 cm³/mol. The molecule has 0 saturated heterocycles. The highest BCUT2D eigenvalue weighted by molar-refractivity contribution is 5.80. The summed E-state index contributed by atoms with van der Waals surface area (Å²) < 4.78 is 3.63. The lowest BCUT2D eigenvalue weighted by molar-refractivity contribution is 0.738. The van der Waals surface area contributed by atoms with Gasteiger partial charge in [0.25, 0.3) is 0 Å². The van der Waals surface area contributed by atoms with E-state index in [9.17, 15) is 0 Å². The smallest absolute Gasteiger partial charge is 0.207 e. The second-order valence-electron chi connectivity index (χ2n) is 4.96. The van der Waals surface area contributed by atoms with E-state index >= 15 is 0 Å². The van der Waals surface area contributed by atoms with E-state index in [0.717, 1.165) is 35.4 Å². The number of benzene rings is 1. The van der Waals surface area contributed by atoms with E-state index in [0.29, 0.717) is 11.5 Å². The molecule has 0 unspecified atom stereocenters. The zero-order chi connectivity index (χ0) is 15.0. The number of imidazole rings is 1. The van der Waals surface area contributed by atoms with Gasteiger partial charge in [0.15, 0.2) is 5.65 Å². The lowest BCUT2D eigenvalue weighted by Crippen LogP contribution is -2.05. The number of nitrogens with zero attached hydrogens (tertiary/aromatic N) is 5. The normalized spacial score (nSPS) is 10.9. The first-order valence-corrected chi connectivity index (χ1v) is 6.86. The van der Waals surface area contributed by atoms with Crippen LogP contribution in [-0.4, -0.2) is 19.3 Å². The molecule has 106 valence electrons. The first-order valence-electron chi connectivity index (χ1n) is 6.86. The number of fused-ring (bicyclic) bond motifs is 1. The third-order valence-electron chi connectivity index (χ3n) is 3.45. The average Bonchev–Trinajstić information content (AvgIpc) is 2.97. The molecule has 6 heteroatoms. The fourth-order valence-corrected chi connectivity index (χ4v) is 2.57. The van der Waals surface area contributed by atoms with Gasteiger partial charge in [0.1, 0.15) is 5.52 Å². The van der Waals surface area contributed by atoms with Crippen LogP contribution in [0.15, 0.2) is 24.3 Å². The Bertz CT molecular complexity index is 849. The van der Waals surface area contributed by atoms with Gasteiger partial charge in [-0.1, -0.05) is 19.4 Å². The standard InChI is InChI=1S/C15H16N6/c1-3-5-12-13-14(20(2)19-12)21(15(17)18-13)11-7-4-6-10(8-11)9-16/h4,6-8H,3,5H2,1-2H3,(H2,17,18). The summed E-state index contributed by atoms with van der Waals surface area (Å²) in [4.78, 5) is 4.46. The van der Waals surface area contributed by atoms with Crippen LogP contribution in [0.3, 0.4) is 0 Å². The molecule has 0 spiro atoms. The summed E-state index contributed by atoms with van der Waals surface area (Å²) in [7, 11) is 1.88. The van der Waals surface area contributed by atoms with Crippen LogP contribution in [-0.2, 0) is 13.5 Å². The van der Waals surface area contributed by atoms with Crippen molar-refractivity contribution in [3.63, 3.8) is 0 Å². The number of nitriles is 1. The van der Waals surface area contributed by atoms with Gasteiger partial charge < -0.3 is 5.73 Å². The van der Waals surface area contributed by atoms with Crippen molar-refractivity contribution in [3.05, 3.63) is 35.5 Å². The van der Waals surface area contributed by atoms with Gasteiger partial charge in [-0.3, -0.25) is 4.57 Å². The molecular formula is C15H16N6. The quantitative estimate of drug-likeness (QED) is 0.796. The predicted octanol–water partition coefficient (Wildman–Crippen LogP) is 2.17. The van der Waals surface area contributed by atoms with Gasteiger partial charge in [0.05, 0.1) is 23.0 Å². The highest BCUT2D eigenvalue weighted by Crippen LogP contribution is 2.26. The summed E-state index contributed by atoms with van der Waals surface area (Å²) in [5.74, 6) is 0.408. The third-order valence-corrected chi connectivity index (χ3v) is 3.45. The molecule has 2 N–H and O–H groups in total. The Kier molecular flexibility index (Phi) is 3.10. The zero-order valence-corrected chi connectivity index (χ0v) is 12.0. The van der Waals surface area contributed by atoms with Crippen LogP contribution in [0.25, 0.3) is 16.9 Å². The van der Waals surface area contributed by atoms with E-state index in [-0.39, 0.29) is 0 Å². The summed E-state index contributed by atoms with van der Waals surface area (Å²) in [6, 6.07) is 9.44. The van der Waals surface area contributed by atoms with Crippen molar-refractivity contribution >= 4 is 17.1 Å². The fraction of sp³-hybridized carbons (Fsp3) is 0.267. The van der Waals surface area contributed by atoms with Crippen molar-refractivity contribution in [1.82, 2.24) is 19.3 Å². The molecule has 0 amide bonds. The number of nitrogen functional groups attached to an aromatic ring is 1. The second kappa shape index (κ2) is 4.94. The van der Waals surface area contributed by atoms with Crippen LogP contribution >= 0.6 is 0 Å². The molecule has 3 rings (SSSR count). The molecule has 21 heavy (non-hydrogen) atoms. The molecule has 6 nitrogen and oxygen atoms in total. The molecular weight excluding hydrogens is 264 g/mol. The lowest BCUT2D eigenvalue weighted by atomic mass is 10.2. The van der Waals surface area contributed by atoms with E-state index < -0.39 is 0 Å². The summed E-state index contributed by atoms with van der Waals surface area (Å²) in [6.07, 6.45) is 1.87. The zero-order valence-electron chi connectivity index (χ0n) is 12.0. The van der Waals surface area contributed by atoms with Crippen molar-refractivity contribution in [2.24, 2.45) is 7.05 Å². The molecule has 0 saturated carbocycles. The molecule has 0 fully saturated rings. The largest absolute Gasteiger partial charge is 0.369 e. The number of aromatic nitrogens is 4. The molecule has 0 atom stereocenters. The van der Waals surface area contributed by atoms with E-state index in [1.165, 1.54) is 0 Å². The Morgan fingerprint density at radius 3 is 2.90 bits per heavy atom. The van der Waals surface area contributed by atoms with Crippen molar-refractivity contribution < 1.29 is 0 Å². The maximum atomic E-state index is 9.05. The Labute approximate surface area is 122 Å². The number of aryl methyl sites for hydroxylation is 2. The molecule has 0 radical (unpaired) electrons. The van der Waals surface area contributed by atoms with E-state index in [1.54, 1.807) is 16.8 Å². The molecule has 3 aromatic rings. The number of hydrogen-bond acceptors (Lipinski definition) is 4. The first-order chi connectivity index (χ1) is 10.2. The fourth-order valence-electron chi connectivity index (χ4n) is 2.57. The minimum Gasteiger partial charge on any atom is -0.369 e. The Morgan fingerprint density at radius 1 is 1.38 bits per heavy atom. The molecule has 2 heterocycles. The second-order valence-corrected chi connectivity index (χ2v) is 4.96. The number of anilines is 1. The summed E-state index contributed by atoms with van der Waals surface area (Å²) in [5, 5.41) is 13.6. The van der Waals surface area contributed by atoms with Gasteiger partial charge in [0, 0.05) is 7.05 Å². The van der Waals surface area contributed by atoms with Gasteiger partial charge in [0.2, 0.25) is 5.95 Å². The average molecular weight is 280 g/mol. The number of rotatable bonds is 3.